The first-order valence-corrected chi connectivity index (χ1v) is 9.49. The Balaban J connectivity index is 1.72. The van der Waals surface area contributed by atoms with Crippen molar-refractivity contribution in [1.82, 2.24) is 5.32 Å². The fraction of sp³-hybridized carbons (Fsp3) is 0.429. The van der Waals surface area contributed by atoms with Crippen LogP contribution in [0.4, 0.5) is 0 Å². The van der Waals surface area contributed by atoms with Crippen LogP contribution in [0.3, 0.4) is 0 Å². The maximum Gasteiger partial charge on any atom is 0.339 e. The molecule has 1 aliphatic rings. The molecule has 0 unspecified atom stereocenters. The van der Waals surface area contributed by atoms with Crippen LogP contribution in [0.25, 0.3) is 0 Å². The average molecular weight is 387 g/mol. The summed E-state index contributed by atoms with van der Waals surface area (Å²) in [5.74, 6) is 0.0690. The predicted molar refractivity (Wildman–Crippen MR) is 102 cm³/mol. The lowest BCUT2D eigenvalue weighted by Gasteiger charge is -2.17. The van der Waals surface area contributed by atoms with Crippen LogP contribution in [0.5, 0.6) is 11.5 Å². The highest BCUT2D eigenvalue weighted by Gasteiger charge is 2.21. The van der Waals surface area contributed by atoms with Crippen LogP contribution in [0.15, 0.2) is 28.7 Å². The quantitative estimate of drug-likeness (QED) is 0.715. The Bertz CT molecular complexity index is 851. The zero-order chi connectivity index (χ0) is 20.1. The molecule has 1 aromatic carbocycles. The van der Waals surface area contributed by atoms with Crippen LogP contribution in [0.2, 0.25) is 0 Å². The van der Waals surface area contributed by atoms with Crippen molar-refractivity contribution in [3.63, 3.8) is 0 Å². The van der Waals surface area contributed by atoms with Crippen LogP contribution in [0, 0.1) is 0 Å². The van der Waals surface area contributed by atoms with Gasteiger partial charge in [0.25, 0.3) is 5.91 Å². The van der Waals surface area contributed by atoms with Gasteiger partial charge in [-0.3, -0.25) is 4.79 Å². The summed E-state index contributed by atoms with van der Waals surface area (Å²) in [6.45, 7) is 2.01. The summed E-state index contributed by atoms with van der Waals surface area (Å²) in [7, 11) is 1.60. The summed E-state index contributed by atoms with van der Waals surface area (Å²) < 4.78 is 16.8. The number of carboxylic acids is 1. The number of carbonyl (C=O) groups is 2. The molecule has 1 saturated carbocycles. The van der Waals surface area contributed by atoms with Crippen molar-refractivity contribution in [2.75, 3.05) is 7.11 Å². The Morgan fingerprint density at radius 3 is 2.61 bits per heavy atom. The molecule has 150 valence electrons. The monoisotopic (exact) mass is 387 g/mol. The molecule has 1 heterocycles. The number of furan rings is 1. The average Bonchev–Trinajstić information content (AvgIpc) is 3.36. The van der Waals surface area contributed by atoms with Gasteiger partial charge in [-0.05, 0) is 37.8 Å². The Hall–Kier alpha value is -2.96. The highest BCUT2D eigenvalue weighted by molar-refractivity contribution is 5.96. The summed E-state index contributed by atoms with van der Waals surface area (Å²) in [4.78, 5) is 23.7. The first-order chi connectivity index (χ1) is 13.5. The van der Waals surface area contributed by atoms with Crippen LogP contribution >= 0.6 is 0 Å². The summed E-state index contributed by atoms with van der Waals surface area (Å²) in [5, 5.41) is 12.0. The lowest BCUT2D eigenvalue weighted by Crippen LogP contribution is -2.23. The summed E-state index contributed by atoms with van der Waals surface area (Å²) in [6, 6.07) is 6.75. The third-order valence-corrected chi connectivity index (χ3v) is 4.89. The zero-order valence-electron chi connectivity index (χ0n) is 16.1. The first-order valence-electron chi connectivity index (χ1n) is 9.49. The summed E-state index contributed by atoms with van der Waals surface area (Å²) in [6.07, 6.45) is 4.93. The van der Waals surface area contributed by atoms with Gasteiger partial charge in [-0.25, -0.2) is 4.79 Å². The standard InChI is InChI=1S/C21H25NO6/c1-3-17-16(21(24)25)11-19(28-17)20(23)22-12-13-8-9-15(26-2)10-18(13)27-14-6-4-5-7-14/h8-11,14H,3-7,12H2,1-2H3,(H,22,23)(H,24,25). The Morgan fingerprint density at radius 1 is 1.25 bits per heavy atom. The zero-order valence-corrected chi connectivity index (χ0v) is 16.1. The molecule has 1 aliphatic carbocycles. The van der Waals surface area contributed by atoms with E-state index in [4.69, 9.17) is 13.9 Å². The van der Waals surface area contributed by atoms with E-state index >= 15 is 0 Å². The Labute approximate surface area is 163 Å². The van der Waals surface area contributed by atoms with E-state index < -0.39 is 11.9 Å². The SMILES string of the molecule is CCc1oc(C(=O)NCc2ccc(OC)cc2OC2CCCC2)cc1C(=O)O. The largest absolute Gasteiger partial charge is 0.497 e. The molecule has 1 amide bonds. The molecule has 1 fully saturated rings. The Morgan fingerprint density at radius 2 is 2.00 bits per heavy atom. The van der Waals surface area contributed by atoms with Crippen LogP contribution in [-0.4, -0.2) is 30.2 Å². The molecule has 1 aromatic heterocycles. The lowest BCUT2D eigenvalue weighted by molar-refractivity contribution is 0.0694. The molecule has 3 rings (SSSR count). The van der Waals surface area contributed by atoms with Crippen molar-refractivity contribution >= 4 is 11.9 Å². The van der Waals surface area contributed by atoms with Gasteiger partial charge in [0.1, 0.15) is 22.8 Å². The highest BCUT2D eigenvalue weighted by Crippen LogP contribution is 2.30. The molecule has 2 aromatic rings. The number of nitrogens with one attached hydrogen (secondary N) is 1. The topological polar surface area (TPSA) is 98.0 Å². The Kier molecular flexibility index (Phi) is 6.23. The molecule has 0 spiro atoms. The van der Waals surface area contributed by atoms with E-state index in [0.717, 1.165) is 31.2 Å². The van der Waals surface area contributed by atoms with Crippen LogP contribution in [-0.2, 0) is 13.0 Å². The van der Waals surface area contributed by atoms with E-state index in [2.05, 4.69) is 5.32 Å². The third kappa shape index (κ3) is 4.47. The number of rotatable bonds is 8. The molecule has 28 heavy (non-hydrogen) atoms. The maximum atomic E-state index is 12.4. The van der Waals surface area contributed by atoms with Gasteiger partial charge in [0.05, 0.1) is 13.2 Å². The van der Waals surface area contributed by atoms with E-state index in [1.165, 1.54) is 6.07 Å². The third-order valence-electron chi connectivity index (χ3n) is 4.89. The second-order valence-corrected chi connectivity index (χ2v) is 6.79. The van der Waals surface area contributed by atoms with Gasteiger partial charge in [-0.15, -0.1) is 0 Å². The van der Waals surface area contributed by atoms with Crippen LogP contribution in [0.1, 0.15) is 64.8 Å². The normalized spacial score (nSPS) is 14.1. The number of aryl methyl sites for hydroxylation is 1. The molecule has 0 bridgehead atoms. The van der Waals surface area contributed by atoms with Gasteiger partial charge in [-0.1, -0.05) is 6.92 Å². The van der Waals surface area contributed by atoms with E-state index in [1.807, 2.05) is 18.2 Å². The lowest BCUT2D eigenvalue weighted by atomic mass is 10.1. The van der Waals surface area contributed by atoms with Gasteiger partial charge in [0, 0.05) is 30.7 Å². The molecule has 0 aliphatic heterocycles. The minimum Gasteiger partial charge on any atom is -0.497 e. The number of hydrogen-bond donors (Lipinski definition) is 2. The van der Waals surface area contributed by atoms with Crippen LogP contribution < -0.4 is 14.8 Å². The number of aromatic carboxylic acids is 1. The molecule has 7 nitrogen and oxygen atoms in total. The molecule has 0 radical (unpaired) electrons. The molecule has 0 saturated heterocycles. The highest BCUT2D eigenvalue weighted by atomic mass is 16.5. The number of amides is 1. The molecular weight excluding hydrogens is 362 g/mol. The minimum absolute atomic E-state index is 0.0129. The maximum absolute atomic E-state index is 12.4. The number of methoxy groups -OCH3 is 1. The summed E-state index contributed by atoms with van der Waals surface area (Å²) in [5.41, 5.74) is 0.837. The van der Waals surface area contributed by atoms with E-state index in [0.29, 0.717) is 17.9 Å². The van der Waals surface area contributed by atoms with Gasteiger partial charge >= 0.3 is 5.97 Å². The number of benzene rings is 1. The molecular formula is C21H25NO6. The van der Waals surface area contributed by atoms with Gasteiger partial charge in [-0.2, -0.15) is 0 Å². The first kappa shape index (κ1) is 19.8. The van der Waals surface area contributed by atoms with Gasteiger partial charge in [0.2, 0.25) is 0 Å². The predicted octanol–water partition coefficient (Wildman–Crippen LogP) is 3.80. The molecule has 2 N–H and O–H groups in total. The smallest absolute Gasteiger partial charge is 0.339 e. The fourth-order valence-electron chi connectivity index (χ4n) is 3.35. The van der Waals surface area contributed by atoms with Gasteiger partial charge in [0.15, 0.2) is 5.76 Å². The minimum atomic E-state index is -1.11. The van der Waals surface area contributed by atoms with E-state index in [-0.39, 0.29) is 29.7 Å². The molecule has 0 atom stereocenters. The van der Waals surface area contributed by atoms with Crippen molar-refractivity contribution < 1.29 is 28.6 Å². The number of ether oxygens (including phenoxy) is 2. The summed E-state index contributed by atoms with van der Waals surface area (Å²) >= 11 is 0. The van der Waals surface area contributed by atoms with Crippen molar-refractivity contribution in [2.24, 2.45) is 0 Å². The number of carboxylic acid groups (broad SMARTS) is 1. The van der Waals surface area contributed by atoms with Crippen molar-refractivity contribution in [3.8, 4) is 11.5 Å². The number of carbonyl (C=O) groups excluding carboxylic acids is 1. The van der Waals surface area contributed by atoms with Crippen molar-refractivity contribution in [2.45, 2.75) is 51.7 Å². The van der Waals surface area contributed by atoms with E-state index in [1.54, 1.807) is 14.0 Å². The number of hydrogen-bond acceptors (Lipinski definition) is 5. The second kappa shape index (κ2) is 8.82. The fourth-order valence-corrected chi connectivity index (χ4v) is 3.35. The second-order valence-electron chi connectivity index (χ2n) is 6.79. The van der Waals surface area contributed by atoms with Crippen molar-refractivity contribution in [3.05, 3.63) is 46.9 Å². The molecule has 7 heteroatoms. The van der Waals surface area contributed by atoms with E-state index in [9.17, 15) is 14.7 Å². The van der Waals surface area contributed by atoms with Gasteiger partial charge < -0.3 is 24.3 Å². The van der Waals surface area contributed by atoms with Crippen molar-refractivity contribution in [1.29, 1.82) is 0 Å².